The molecule has 33 heavy (non-hydrogen) atoms. The Kier molecular flexibility index (Phi) is 7.13. The molecule has 4 rings (SSSR count). The van der Waals surface area contributed by atoms with Crippen molar-refractivity contribution in [1.29, 1.82) is 0 Å². The minimum absolute atomic E-state index is 0.0480. The van der Waals surface area contributed by atoms with Crippen LogP contribution in [0.3, 0.4) is 0 Å². The molecule has 0 bridgehead atoms. The third kappa shape index (κ3) is 5.45. The molecule has 1 aromatic carbocycles. The number of hydrogen-bond acceptors (Lipinski definition) is 5. The van der Waals surface area contributed by atoms with E-state index in [0.717, 1.165) is 12.0 Å². The third-order valence-electron chi connectivity index (χ3n) is 5.68. The molecule has 0 saturated heterocycles. The number of nitrogens with zero attached hydrogens (tertiary/aromatic N) is 2. The minimum Gasteiger partial charge on any atom is -0.491 e. The van der Waals surface area contributed by atoms with Gasteiger partial charge in [0, 0.05) is 23.4 Å². The molecular formula is C25H27FN2O4S. The maximum Gasteiger partial charge on any atom is 0.242 e. The molecule has 1 atom stereocenters. The zero-order chi connectivity index (χ0) is 23.4. The summed E-state index contributed by atoms with van der Waals surface area (Å²) < 4.78 is 24.9. The summed E-state index contributed by atoms with van der Waals surface area (Å²) in [6, 6.07) is 11.2. The summed E-state index contributed by atoms with van der Waals surface area (Å²) in [7, 11) is 0. The largest absolute Gasteiger partial charge is 0.491 e. The topological polar surface area (TPSA) is 63.0 Å². The number of benzene rings is 1. The lowest BCUT2D eigenvalue weighted by Crippen LogP contribution is -2.48. The van der Waals surface area contributed by atoms with Crippen LogP contribution in [-0.4, -0.2) is 41.3 Å². The minimum atomic E-state index is -0.374. The molecule has 2 aromatic heterocycles. The number of furan rings is 1. The summed E-state index contributed by atoms with van der Waals surface area (Å²) in [6.45, 7) is 4.56. The van der Waals surface area contributed by atoms with E-state index in [1.54, 1.807) is 51.7 Å². The highest BCUT2D eigenvalue weighted by Crippen LogP contribution is 2.34. The molecular weight excluding hydrogens is 443 g/mol. The number of fused-ring (bicyclic) bond motifs is 1. The van der Waals surface area contributed by atoms with Crippen LogP contribution < -0.4 is 4.74 Å². The maximum atomic E-state index is 13.6. The van der Waals surface area contributed by atoms with Gasteiger partial charge in [-0.25, -0.2) is 4.39 Å². The van der Waals surface area contributed by atoms with Gasteiger partial charge in [0.1, 0.15) is 30.5 Å². The molecule has 0 spiro atoms. The first-order valence-corrected chi connectivity index (χ1v) is 11.9. The average molecular weight is 471 g/mol. The number of ether oxygens (including phenoxy) is 1. The van der Waals surface area contributed by atoms with Crippen molar-refractivity contribution in [1.82, 2.24) is 9.80 Å². The summed E-state index contributed by atoms with van der Waals surface area (Å²) in [5.41, 5.74) is 1.05. The van der Waals surface area contributed by atoms with Crippen LogP contribution in [0.25, 0.3) is 0 Å². The summed E-state index contributed by atoms with van der Waals surface area (Å²) >= 11 is 1.66. The van der Waals surface area contributed by atoms with Crippen molar-refractivity contribution in [3.63, 3.8) is 0 Å². The first-order chi connectivity index (χ1) is 15.9. The molecule has 0 aliphatic carbocycles. The Bertz CT molecular complexity index is 1100. The van der Waals surface area contributed by atoms with Gasteiger partial charge in [-0.3, -0.25) is 9.59 Å². The fraction of sp³-hybridized carbons (Fsp3) is 0.360. The van der Waals surface area contributed by atoms with Crippen LogP contribution in [0.2, 0.25) is 0 Å². The fourth-order valence-electron chi connectivity index (χ4n) is 4.03. The quantitative estimate of drug-likeness (QED) is 0.480. The first-order valence-electron chi connectivity index (χ1n) is 11.0. The Labute approximate surface area is 196 Å². The van der Waals surface area contributed by atoms with Gasteiger partial charge >= 0.3 is 0 Å². The van der Waals surface area contributed by atoms with E-state index in [0.29, 0.717) is 18.1 Å². The first kappa shape index (κ1) is 23.0. The second-order valence-electron chi connectivity index (χ2n) is 8.35. The van der Waals surface area contributed by atoms with Gasteiger partial charge in [-0.1, -0.05) is 19.9 Å². The molecule has 0 saturated carbocycles. The molecule has 3 heterocycles. The normalized spacial score (nSPS) is 15.4. The van der Waals surface area contributed by atoms with Gasteiger partial charge in [-0.2, -0.15) is 0 Å². The molecule has 174 valence electrons. The van der Waals surface area contributed by atoms with Crippen LogP contribution >= 0.6 is 11.3 Å². The van der Waals surface area contributed by atoms with Crippen molar-refractivity contribution >= 4 is 23.2 Å². The van der Waals surface area contributed by atoms with Crippen molar-refractivity contribution in [2.45, 2.75) is 32.9 Å². The van der Waals surface area contributed by atoms with E-state index in [9.17, 15) is 14.0 Å². The number of halogens is 1. The van der Waals surface area contributed by atoms with Crippen molar-refractivity contribution in [2.24, 2.45) is 5.92 Å². The molecule has 0 unspecified atom stereocenters. The van der Waals surface area contributed by atoms with Gasteiger partial charge in [-0.05, 0) is 47.7 Å². The number of rotatable bonds is 8. The van der Waals surface area contributed by atoms with Crippen LogP contribution in [0.5, 0.6) is 5.75 Å². The van der Waals surface area contributed by atoms with Crippen LogP contribution in [0, 0.1) is 11.7 Å². The SMILES string of the molecule is CC(C)C(=O)N(CC(=O)N1CCc2sccc2[C@@H]1COc1cccc(F)c1)Cc1ccco1. The lowest BCUT2D eigenvalue weighted by Gasteiger charge is -2.37. The second kappa shape index (κ2) is 10.2. The molecule has 8 heteroatoms. The van der Waals surface area contributed by atoms with E-state index in [1.807, 2.05) is 25.3 Å². The van der Waals surface area contributed by atoms with Crippen molar-refractivity contribution in [2.75, 3.05) is 19.7 Å². The molecule has 1 aliphatic heterocycles. The zero-order valence-electron chi connectivity index (χ0n) is 18.7. The monoisotopic (exact) mass is 470 g/mol. The predicted molar refractivity (Wildman–Crippen MR) is 123 cm³/mol. The zero-order valence-corrected chi connectivity index (χ0v) is 19.5. The highest BCUT2D eigenvalue weighted by Gasteiger charge is 2.34. The fourth-order valence-corrected chi connectivity index (χ4v) is 4.96. The van der Waals surface area contributed by atoms with Crippen LogP contribution in [0.1, 0.15) is 36.1 Å². The highest BCUT2D eigenvalue weighted by atomic mass is 32.1. The molecule has 1 aliphatic rings. The van der Waals surface area contributed by atoms with Gasteiger partial charge < -0.3 is 19.0 Å². The Morgan fingerprint density at radius 3 is 2.85 bits per heavy atom. The van der Waals surface area contributed by atoms with Gasteiger partial charge in [-0.15, -0.1) is 11.3 Å². The molecule has 2 amide bonds. The number of hydrogen-bond donors (Lipinski definition) is 0. The summed E-state index contributed by atoms with van der Waals surface area (Å²) in [6.07, 6.45) is 2.31. The van der Waals surface area contributed by atoms with Crippen molar-refractivity contribution in [3.05, 3.63) is 76.1 Å². The summed E-state index contributed by atoms with van der Waals surface area (Å²) in [4.78, 5) is 30.8. The Balaban J connectivity index is 1.52. The van der Waals surface area contributed by atoms with Gasteiger partial charge in [0.15, 0.2) is 0 Å². The van der Waals surface area contributed by atoms with E-state index < -0.39 is 0 Å². The Morgan fingerprint density at radius 2 is 2.12 bits per heavy atom. The smallest absolute Gasteiger partial charge is 0.242 e. The molecule has 0 N–H and O–H groups in total. The van der Waals surface area contributed by atoms with E-state index in [1.165, 1.54) is 17.0 Å². The van der Waals surface area contributed by atoms with Crippen LogP contribution in [0.4, 0.5) is 4.39 Å². The molecule has 0 radical (unpaired) electrons. The van der Waals surface area contributed by atoms with E-state index in [2.05, 4.69) is 0 Å². The lowest BCUT2D eigenvalue weighted by atomic mass is 10.00. The van der Waals surface area contributed by atoms with Crippen LogP contribution in [0.15, 0.2) is 58.5 Å². The highest BCUT2D eigenvalue weighted by molar-refractivity contribution is 7.10. The Hall–Kier alpha value is -3.13. The third-order valence-corrected chi connectivity index (χ3v) is 6.67. The maximum absolute atomic E-state index is 13.6. The number of carbonyl (C=O) groups is 2. The summed E-state index contributed by atoms with van der Waals surface area (Å²) in [5, 5.41) is 2.01. The molecule has 6 nitrogen and oxygen atoms in total. The van der Waals surface area contributed by atoms with E-state index in [-0.39, 0.29) is 49.3 Å². The number of thiophene rings is 1. The van der Waals surface area contributed by atoms with Gasteiger partial charge in [0.25, 0.3) is 0 Å². The van der Waals surface area contributed by atoms with Gasteiger partial charge in [0.05, 0.1) is 18.8 Å². The Morgan fingerprint density at radius 1 is 1.27 bits per heavy atom. The summed E-state index contributed by atoms with van der Waals surface area (Å²) in [5.74, 6) is 0.160. The van der Waals surface area contributed by atoms with E-state index in [4.69, 9.17) is 9.15 Å². The predicted octanol–water partition coefficient (Wildman–Crippen LogP) is 4.67. The van der Waals surface area contributed by atoms with Crippen molar-refractivity contribution < 1.29 is 23.1 Å². The number of amides is 2. The van der Waals surface area contributed by atoms with Crippen LogP contribution in [-0.2, 0) is 22.6 Å². The van der Waals surface area contributed by atoms with E-state index >= 15 is 0 Å². The second-order valence-corrected chi connectivity index (χ2v) is 9.35. The number of carbonyl (C=O) groups excluding carboxylic acids is 2. The standard InChI is InChI=1S/C25H27FN2O4S/c1-17(2)25(30)27(14-20-7-4-11-31-20)15-24(29)28-10-8-23-21(9-12-33-23)22(28)16-32-19-6-3-5-18(26)13-19/h3-7,9,11-13,17,22H,8,10,14-16H2,1-2H3/t22-/m0/s1. The van der Waals surface area contributed by atoms with Crippen molar-refractivity contribution in [3.8, 4) is 5.75 Å². The molecule has 0 fully saturated rings. The lowest BCUT2D eigenvalue weighted by molar-refractivity contribution is -0.145. The average Bonchev–Trinajstić information content (AvgIpc) is 3.48. The molecule has 3 aromatic rings. The van der Waals surface area contributed by atoms with Gasteiger partial charge in [0.2, 0.25) is 11.8 Å².